The molecule has 1 amide bonds. The van der Waals surface area contributed by atoms with Gasteiger partial charge in [0.1, 0.15) is 6.10 Å². The van der Waals surface area contributed by atoms with Crippen LogP contribution < -0.4 is 11.1 Å². The van der Waals surface area contributed by atoms with Crippen molar-refractivity contribution in [2.24, 2.45) is 0 Å². The lowest BCUT2D eigenvalue weighted by Crippen LogP contribution is -2.26. The molecule has 1 atom stereocenters. The van der Waals surface area contributed by atoms with Crippen LogP contribution in [0.5, 0.6) is 0 Å². The van der Waals surface area contributed by atoms with Crippen molar-refractivity contribution >= 4 is 17.3 Å². The van der Waals surface area contributed by atoms with E-state index in [1.165, 1.54) is 0 Å². The molecule has 4 heteroatoms. The SMILES string of the molecule is Nc1ccc(NC(=O)C2CCCO2)cc1. The lowest BCUT2D eigenvalue weighted by atomic mass is 10.2. The van der Waals surface area contributed by atoms with Gasteiger partial charge in [-0.3, -0.25) is 4.79 Å². The van der Waals surface area contributed by atoms with Crippen molar-refractivity contribution in [3.05, 3.63) is 24.3 Å². The van der Waals surface area contributed by atoms with Gasteiger partial charge in [0, 0.05) is 18.0 Å². The number of carbonyl (C=O) groups is 1. The van der Waals surface area contributed by atoms with Crippen LogP contribution in [0.4, 0.5) is 11.4 Å². The Hall–Kier alpha value is -1.55. The van der Waals surface area contributed by atoms with Crippen LogP contribution in [-0.2, 0) is 9.53 Å². The molecule has 80 valence electrons. The Morgan fingerprint density at radius 2 is 2.13 bits per heavy atom. The molecule has 1 fully saturated rings. The monoisotopic (exact) mass is 206 g/mol. The maximum atomic E-state index is 11.6. The highest BCUT2D eigenvalue weighted by Crippen LogP contribution is 2.16. The molecule has 0 saturated carbocycles. The van der Waals surface area contributed by atoms with Gasteiger partial charge in [0.15, 0.2) is 0 Å². The minimum absolute atomic E-state index is 0.0720. The Labute approximate surface area is 88.4 Å². The van der Waals surface area contributed by atoms with Gasteiger partial charge in [0.2, 0.25) is 0 Å². The summed E-state index contributed by atoms with van der Waals surface area (Å²) < 4.78 is 5.27. The van der Waals surface area contributed by atoms with Crippen LogP contribution in [0.3, 0.4) is 0 Å². The molecule has 0 bridgehead atoms. The molecule has 1 aliphatic heterocycles. The number of rotatable bonds is 2. The maximum Gasteiger partial charge on any atom is 0.253 e. The zero-order chi connectivity index (χ0) is 10.7. The molecule has 0 radical (unpaired) electrons. The summed E-state index contributed by atoms with van der Waals surface area (Å²) in [6.45, 7) is 0.680. The number of nitrogens with two attached hydrogens (primary N) is 1. The van der Waals surface area contributed by atoms with E-state index >= 15 is 0 Å². The molecule has 1 heterocycles. The average Bonchev–Trinajstić information content (AvgIpc) is 2.74. The molecular formula is C11H14N2O2. The third-order valence-electron chi connectivity index (χ3n) is 2.40. The Balaban J connectivity index is 1.96. The second-order valence-electron chi connectivity index (χ2n) is 3.61. The van der Waals surface area contributed by atoms with E-state index in [4.69, 9.17) is 10.5 Å². The second-order valence-corrected chi connectivity index (χ2v) is 3.61. The Morgan fingerprint density at radius 1 is 1.40 bits per heavy atom. The second kappa shape index (κ2) is 4.31. The van der Waals surface area contributed by atoms with Crippen molar-refractivity contribution in [3.8, 4) is 0 Å². The number of anilines is 2. The van der Waals surface area contributed by atoms with Crippen molar-refractivity contribution in [1.29, 1.82) is 0 Å². The van der Waals surface area contributed by atoms with Crippen molar-refractivity contribution in [1.82, 2.24) is 0 Å². The van der Waals surface area contributed by atoms with E-state index in [1.807, 2.05) is 0 Å². The lowest BCUT2D eigenvalue weighted by Gasteiger charge is -2.10. The van der Waals surface area contributed by atoms with Crippen molar-refractivity contribution in [2.75, 3.05) is 17.7 Å². The zero-order valence-electron chi connectivity index (χ0n) is 8.40. The Morgan fingerprint density at radius 3 is 2.73 bits per heavy atom. The molecule has 2 rings (SSSR count). The number of carbonyl (C=O) groups excluding carboxylic acids is 1. The number of nitrogens with one attached hydrogen (secondary N) is 1. The number of hydrogen-bond acceptors (Lipinski definition) is 3. The van der Waals surface area contributed by atoms with Gasteiger partial charge < -0.3 is 15.8 Å². The zero-order valence-corrected chi connectivity index (χ0v) is 8.40. The lowest BCUT2D eigenvalue weighted by molar-refractivity contribution is -0.124. The molecule has 3 N–H and O–H groups in total. The summed E-state index contributed by atoms with van der Waals surface area (Å²) in [5.74, 6) is -0.0720. The summed E-state index contributed by atoms with van der Waals surface area (Å²) in [5.41, 5.74) is 6.98. The minimum atomic E-state index is -0.289. The van der Waals surface area contributed by atoms with E-state index in [-0.39, 0.29) is 12.0 Å². The molecule has 1 aromatic carbocycles. The topological polar surface area (TPSA) is 64.3 Å². The fourth-order valence-electron chi connectivity index (χ4n) is 1.57. The fourth-order valence-corrected chi connectivity index (χ4v) is 1.57. The van der Waals surface area contributed by atoms with Gasteiger partial charge in [0.05, 0.1) is 0 Å². The predicted molar refractivity (Wildman–Crippen MR) is 58.5 cm³/mol. The van der Waals surface area contributed by atoms with Crippen LogP contribution in [-0.4, -0.2) is 18.6 Å². The van der Waals surface area contributed by atoms with Crippen LogP contribution in [0.15, 0.2) is 24.3 Å². The van der Waals surface area contributed by atoms with E-state index in [9.17, 15) is 4.79 Å². The van der Waals surface area contributed by atoms with Gasteiger partial charge >= 0.3 is 0 Å². The van der Waals surface area contributed by atoms with Gasteiger partial charge in [-0.15, -0.1) is 0 Å². The summed E-state index contributed by atoms with van der Waals surface area (Å²) >= 11 is 0. The van der Waals surface area contributed by atoms with Gasteiger partial charge in [-0.2, -0.15) is 0 Å². The molecule has 15 heavy (non-hydrogen) atoms. The van der Waals surface area contributed by atoms with E-state index in [1.54, 1.807) is 24.3 Å². The van der Waals surface area contributed by atoms with Crippen LogP contribution in [0, 0.1) is 0 Å². The molecule has 0 spiro atoms. The normalized spacial score (nSPS) is 20.1. The maximum absolute atomic E-state index is 11.6. The highest BCUT2D eigenvalue weighted by atomic mass is 16.5. The van der Waals surface area contributed by atoms with Crippen LogP contribution in [0.25, 0.3) is 0 Å². The van der Waals surface area contributed by atoms with Gasteiger partial charge in [-0.25, -0.2) is 0 Å². The molecule has 0 aliphatic carbocycles. The van der Waals surface area contributed by atoms with Crippen LogP contribution in [0.2, 0.25) is 0 Å². The van der Waals surface area contributed by atoms with E-state index in [2.05, 4.69) is 5.32 Å². The summed E-state index contributed by atoms with van der Waals surface area (Å²) in [4.78, 5) is 11.6. The number of amides is 1. The Bertz CT molecular complexity index is 342. The number of hydrogen-bond donors (Lipinski definition) is 2. The third-order valence-corrected chi connectivity index (χ3v) is 2.40. The van der Waals surface area contributed by atoms with E-state index in [0.717, 1.165) is 18.5 Å². The molecule has 0 aromatic heterocycles. The quantitative estimate of drug-likeness (QED) is 0.718. The molecule has 1 aliphatic rings. The first-order valence-electron chi connectivity index (χ1n) is 5.04. The summed E-state index contributed by atoms with van der Waals surface area (Å²) in [5, 5.41) is 2.79. The third kappa shape index (κ3) is 2.47. The number of nitrogen functional groups attached to an aromatic ring is 1. The molecule has 4 nitrogen and oxygen atoms in total. The first-order valence-corrected chi connectivity index (χ1v) is 5.04. The van der Waals surface area contributed by atoms with E-state index < -0.39 is 0 Å². The molecular weight excluding hydrogens is 192 g/mol. The summed E-state index contributed by atoms with van der Waals surface area (Å²) in [6.07, 6.45) is 1.48. The van der Waals surface area contributed by atoms with Crippen molar-refractivity contribution in [2.45, 2.75) is 18.9 Å². The standard InChI is InChI=1S/C11H14N2O2/c12-8-3-5-9(6-4-8)13-11(14)10-2-1-7-15-10/h3-6,10H,1-2,7,12H2,(H,13,14). The number of ether oxygens (including phenoxy) is 1. The van der Waals surface area contributed by atoms with Crippen LogP contribution >= 0.6 is 0 Å². The first-order chi connectivity index (χ1) is 7.25. The highest BCUT2D eigenvalue weighted by molar-refractivity contribution is 5.94. The molecule has 1 unspecified atom stereocenters. The summed E-state index contributed by atoms with van der Waals surface area (Å²) in [7, 11) is 0. The molecule has 1 saturated heterocycles. The van der Waals surface area contributed by atoms with E-state index in [0.29, 0.717) is 12.3 Å². The predicted octanol–water partition coefficient (Wildman–Crippen LogP) is 1.39. The average molecular weight is 206 g/mol. The van der Waals surface area contributed by atoms with Crippen molar-refractivity contribution < 1.29 is 9.53 Å². The smallest absolute Gasteiger partial charge is 0.253 e. The Kier molecular flexibility index (Phi) is 2.87. The summed E-state index contributed by atoms with van der Waals surface area (Å²) in [6, 6.07) is 7.07. The van der Waals surface area contributed by atoms with Gasteiger partial charge in [-0.05, 0) is 37.1 Å². The highest BCUT2D eigenvalue weighted by Gasteiger charge is 2.23. The van der Waals surface area contributed by atoms with Crippen LogP contribution in [0.1, 0.15) is 12.8 Å². The molecule has 1 aromatic rings. The van der Waals surface area contributed by atoms with Gasteiger partial charge in [-0.1, -0.05) is 0 Å². The minimum Gasteiger partial charge on any atom is -0.399 e. The van der Waals surface area contributed by atoms with Crippen molar-refractivity contribution in [3.63, 3.8) is 0 Å². The largest absolute Gasteiger partial charge is 0.399 e. The fraction of sp³-hybridized carbons (Fsp3) is 0.364. The first kappa shape index (κ1) is 9.98. The van der Waals surface area contributed by atoms with Gasteiger partial charge in [0.25, 0.3) is 5.91 Å². The number of benzene rings is 1.